The van der Waals surface area contributed by atoms with Crippen LogP contribution in [0, 0.1) is 0 Å². The summed E-state index contributed by atoms with van der Waals surface area (Å²) in [5, 5.41) is 13.0. The predicted octanol–water partition coefficient (Wildman–Crippen LogP) is 0.703. The van der Waals surface area contributed by atoms with Crippen molar-refractivity contribution in [3.63, 3.8) is 0 Å². The van der Waals surface area contributed by atoms with E-state index < -0.39 is 0 Å². The highest BCUT2D eigenvalue weighted by atomic mass is 16.1. The van der Waals surface area contributed by atoms with Gasteiger partial charge in [0.05, 0.1) is 11.7 Å². The molecule has 2 rings (SSSR count). The third-order valence-corrected chi connectivity index (χ3v) is 3.65. The lowest BCUT2D eigenvalue weighted by atomic mass is 9.86. The van der Waals surface area contributed by atoms with E-state index >= 15 is 0 Å². The Labute approximate surface area is 107 Å². The molecule has 5 heteroatoms. The fourth-order valence-electron chi connectivity index (χ4n) is 2.55. The molecule has 0 saturated heterocycles. The minimum absolute atomic E-state index is 0.183. The molecule has 18 heavy (non-hydrogen) atoms. The van der Waals surface area contributed by atoms with Gasteiger partial charge in [-0.2, -0.15) is 0 Å². The first-order valence-electron chi connectivity index (χ1n) is 6.11. The summed E-state index contributed by atoms with van der Waals surface area (Å²) in [6.45, 7) is 0. The number of fused-ring (bicyclic) bond motifs is 1. The highest BCUT2D eigenvalue weighted by Gasteiger charge is 2.38. The number of hydrogen-bond donors (Lipinski definition) is 4. The fraction of sp³-hybridized carbons (Fsp3) is 0.462. The number of hydrogen-bond acceptors (Lipinski definition) is 5. The standard InChI is InChI=1S/C13H20N4O/c1-14-9-4-5-12-11(6-9)13(15-2,16-3)7-10(8-18)17-12/h4-6,8,10,14-17H,7H2,1-3H3. The van der Waals surface area contributed by atoms with Crippen LogP contribution in [0.2, 0.25) is 0 Å². The van der Waals surface area contributed by atoms with E-state index in [0.29, 0.717) is 6.42 Å². The van der Waals surface area contributed by atoms with Gasteiger partial charge >= 0.3 is 0 Å². The van der Waals surface area contributed by atoms with E-state index in [1.807, 2.05) is 33.3 Å². The number of anilines is 2. The molecule has 1 heterocycles. The lowest BCUT2D eigenvalue weighted by Crippen LogP contribution is -2.56. The SMILES string of the molecule is CNc1ccc2c(c1)C(NC)(NC)CC(C=O)N2. The van der Waals surface area contributed by atoms with Gasteiger partial charge in [0.15, 0.2) is 0 Å². The number of carbonyl (C=O) groups excluding carboxylic acids is 1. The highest BCUT2D eigenvalue weighted by Crippen LogP contribution is 2.36. The predicted molar refractivity (Wildman–Crippen MR) is 73.9 cm³/mol. The third kappa shape index (κ3) is 1.95. The van der Waals surface area contributed by atoms with Crippen molar-refractivity contribution in [1.29, 1.82) is 0 Å². The van der Waals surface area contributed by atoms with Crippen LogP contribution < -0.4 is 21.3 Å². The molecule has 98 valence electrons. The van der Waals surface area contributed by atoms with Crippen molar-refractivity contribution in [2.45, 2.75) is 18.1 Å². The van der Waals surface area contributed by atoms with Gasteiger partial charge in [-0.05, 0) is 32.3 Å². The van der Waals surface area contributed by atoms with Crippen molar-refractivity contribution >= 4 is 17.7 Å². The molecule has 0 bridgehead atoms. The maximum Gasteiger partial charge on any atom is 0.142 e. The Bertz CT molecular complexity index is 443. The zero-order valence-corrected chi connectivity index (χ0v) is 11.0. The van der Waals surface area contributed by atoms with Crippen molar-refractivity contribution in [3.05, 3.63) is 23.8 Å². The summed E-state index contributed by atoms with van der Waals surface area (Å²) in [7, 11) is 5.70. The first-order chi connectivity index (χ1) is 8.69. The summed E-state index contributed by atoms with van der Waals surface area (Å²) >= 11 is 0. The Morgan fingerprint density at radius 1 is 1.33 bits per heavy atom. The van der Waals surface area contributed by atoms with Gasteiger partial charge in [0.2, 0.25) is 0 Å². The smallest absolute Gasteiger partial charge is 0.142 e. The van der Waals surface area contributed by atoms with Crippen molar-refractivity contribution in [2.24, 2.45) is 0 Å². The largest absolute Gasteiger partial charge is 0.388 e. The van der Waals surface area contributed by atoms with E-state index in [-0.39, 0.29) is 11.7 Å². The average Bonchev–Trinajstić information content (AvgIpc) is 2.45. The van der Waals surface area contributed by atoms with Gasteiger partial charge in [0.1, 0.15) is 6.29 Å². The number of carbonyl (C=O) groups is 1. The monoisotopic (exact) mass is 248 g/mol. The lowest BCUT2D eigenvalue weighted by molar-refractivity contribution is -0.109. The molecule has 0 radical (unpaired) electrons. The van der Waals surface area contributed by atoms with Crippen LogP contribution in [0.25, 0.3) is 0 Å². The molecule has 1 aromatic rings. The minimum atomic E-state index is -0.376. The normalized spacial score (nSPS) is 20.7. The first kappa shape index (κ1) is 12.9. The molecule has 1 aliphatic rings. The van der Waals surface area contributed by atoms with Gasteiger partial charge in [-0.25, -0.2) is 0 Å². The topological polar surface area (TPSA) is 65.2 Å². The van der Waals surface area contributed by atoms with Gasteiger partial charge < -0.3 is 15.4 Å². The van der Waals surface area contributed by atoms with Gasteiger partial charge in [0, 0.05) is 30.4 Å². The molecule has 1 aromatic carbocycles. The number of nitrogens with one attached hydrogen (secondary N) is 4. The first-order valence-corrected chi connectivity index (χ1v) is 6.11. The number of benzene rings is 1. The molecule has 1 aliphatic heterocycles. The zero-order valence-electron chi connectivity index (χ0n) is 11.0. The van der Waals surface area contributed by atoms with Gasteiger partial charge in [-0.3, -0.25) is 10.6 Å². The van der Waals surface area contributed by atoms with E-state index in [0.717, 1.165) is 23.2 Å². The van der Waals surface area contributed by atoms with Gasteiger partial charge in [0.25, 0.3) is 0 Å². The maximum atomic E-state index is 11.1. The highest BCUT2D eigenvalue weighted by molar-refractivity contribution is 5.71. The maximum absolute atomic E-state index is 11.1. The molecule has 0 fully saturated rings. The van der Waals surface area contributed by atoms with E-state index in [4.69, 9.17) is 0 Å². The zero-order chi connectivity index (χ0) is 13.2. The van der Waals surface area contributed by atoms with Gasteiger partial charge in [-0.1, -0.05) is 0 Å². The molecule has 5 nitrogen and oxygen atoms in total. The number of rotatable bonds is 4. The second kappa shape index (κ2) is 4.96. The summed E-state index contributed by atoms with van der Waals surface area (Å²) < 4.78 is 0. The Hall–Kier alpha value is -1.59. The second-order valence-electron chi connectivity index (χ2n) is 4.51. The summed E-state index contributed by atoms with van der Waals surface area (Å²) in [6.07, 6.45) is 1.63. The van der Waals surface area contributed by atoms with Crippen molar-refractivity contribution in [2.75, 3.05) is 31.8 Å². The Kier molecular flexibility index (Phi) is 3.54. The van der Waals surface area contributed by atoms with Crippen LogP contribution in [0.4, 0.5) is 11.4 Å². The van der Waals surface area contributed by atoms with Crippen LogP contribution in [-0.4, -0.2) is 33.5 Å². The molecule has 0 amide bonds. The van der Waals surface area contributed by atoms with E-state index in [9.17, 15) is 4.79 Å². The molecule has 0 saturated carbocycles. The van der Waals surface area contributed by atoms with E-state index in [1.54, 1.807) is 0 Å². The molecule has 0 aliphatic carbocycles. The van der Waals surface area contributed by atoms with Crippen LogP contribution in [0.3, 0.4) is 0 Å². The summed E-state index contributed by atoms with van der Waals surface area (Å²) in [6, 6.07) is 5.91. The van der Waals surface area contributed by atoms with E-state index in [1.165, 1.54) is 0 Å². The average molecular weight is 248 g/mol. The van der Waals surface area contributed by atoms with Crippen LogP contribution in [0.15, 0.2) is 18.2 Å². The summed E-state index contributed by atoms with van der Waals surface area (Å²) in [5.74, 6) is 0. The Balaban J connectivity index is 2.53. The lowest BCUT2D eigenvalue weighted by Gasteiger charge is -2.41. The van der Waals surface area contributed by atoms with Crippen LogP contribution >= 0.6 is 0 Å². The van der Waals surface area contributed by atoms with E-state index in [2.05, 4.69) is 27.3 Å². The molecule has 0 aromatic heterocycles. The molecule has 1 atom stereocenters. The third-order valence-electron chi connectivity index (χ3n) is 3.65. The number of aldehydes is 1. The molecule has 4 N–H and O–H groups in total. The quantitative estimate of drug-likeness (QED) is 0.467. The molecular formula is C13H20N4O. The summed E-state index contributed by atoms with van der Waals surface area (Å²) in [4.78, 5) is 11.1. The van der Waals surface area contributed by atoms with Crippen LogP contribution in [0.5, 0.6) is 0 Å². The molecular weight excluding hydrogens is 228 g/mol. The van der Waals surface area contributed by atoms with Crippen molar-refractivity contribution in [3.8, 4) is 0 Å². The fourth-order valence-corrected chi connectivity index (χ4v) is 2.55. The minimum Gasteiger partial charge on any atom is -0.388 e. The van der Waals surface area contributed by atoms with Crippen molar-refractivity contribution < 1.29 is 4.79 Å². The molecule has 0 spiro atoms. The van der Waals surface area contributed by atoms with Crippen LogP contribution in [-0.2, 0) is 10.5 Å². The second-order valence-corrected chi connectivity index (χ2v) is 4.51. The van der Waals surface area contributed by atoms with Crippen LogP contribution in [0.1, 0.15) is 12.0 Å². The summed E-state index contributed by atoms with van der Waals surface area (Å²) in [5.41, 5.74) is 2.78. The van der Waals surface area contributed by atoms with Crippen molar-refractivity contribution in [1.82, 2.24) is 10.6 Å². The molecule has 1 unspecified atom stereocenters. The Morgan fingerprint density at radius 3 is 2.61 bits per heavy atom. The van der Waals surface area contributed by atoms with Gasteiger partial charge in [-0.15, -0.1) is 0 Å². The Morgan fingerprint density at radius 2 is 2.06 bits per heavy atom.